The summed E-state index contributed by atoms with van der Waals surface area (Å²) in [6, 6.07) is 0.546. The van der Waals surface area contributed by atoms with Crippen LogP contribution in [0, 0.1) is 11.8 Å². The molecule has 0 saturated carbocycles. The highest BCUT2D eigenvalue weighted by atomic mass is 16.3. The standard InChI is InChI=1S/C27H31N3O7/c1-5-7-11(6-2)13-10-16(28)21(31)18-14(13)8-12-9-15-20(30(3)4)23(33)19(26(29)36)25(35)27(15,37)24(34)17(12)22(18)32/h5-7,10,12,15,20,31,33-34,37H,8-9,28H2,1-4H3,(H2,29,36)/b7-5-,11-6+/t12-,15-,20-,27-/m0/s1. The van der Waals surface area contributed by atoms with Gasteiger partial charge >= 0.3 is 0 Å². The average molecular weight is 510 g/mol. The fraction of sp³-hybridized carbons (Fsp3) is 0.370. The Morgan fingerprint density at radius 1 is 1.19 bits per heavy atom. The molecule has 0 aromatic heterocycles. The van der Waals surface area contributed by atoms with Gasteiger partial charge in [0, 0.05) is 11.5 Å². The monoisotopic (exact) mass is 509 g/mol. The molecule has 4 rings (SSSR count). The zero-order valence-electron chi connectivity index (χ0n) is 21.1. The lowest BCUT2D eigenvalue weighted by Gasteiger charge is -2.50. The van der Waals surface area contributed by atoms with Gasteiger partial charge in [-0.25, -0.2) is 0 Å². The summed E-state index contributed by atoms with van der Waals surface area (Å²) in [6.07, 6.45) is 5.72. The van der Waals surface area contributed by atoms with E-state index in [0.717, 1.165) is 5.57 Å². The third-order valence-corrected chi connectivity index (χ3v) is 7.72. The Labute approximate surface area is 213 Å². The van der Waals surface area contributed by atoms with Crippen LogP contribution in [-0.2, 0) is 16.0 Å². The number of carbonyl (C=O) groups excluding carboxylic acids is 3. The number of allylic oxidation sites excluding steroid dienone is 5. The number of aromatic hydroxyl groups is 1. The lowest BCUT2D eigenvalue weighted by molar-refractivity contribution is -0.148. The number of nitrogens with two attached hydrogens (primary N) is 2. The third-order valence-electron chi connectivity index (χ3n) is 7.72. The molecule has 3 aliphatic rings. The second-order valence-corrected chi connectivity index (χ2v) is 9.92. The van der Waals surface area contributed by atoms with Gasteiger partial charge in [0.1, 0.15) is 22.8 Å². The number of ketones is 2. The first-order chi connectivity index (χ1) is 17.3. The summed E-state index contributed by atoms with van der Waals surface area (Å²) in [7, 11) is 3.17. The van der Waals surface area contributed by atoms with E-state index in [2.05, 4.69) is 0 Å². The number of benzene rings is 1. The Balaban J connectivity index is 2.00. The van der Waals surface area contributed by atoms with E-state index < -0.39 is 63.8 Å². The van der Waals surface area contributed by atoms with Crippen molar-refractivity contribution in [2.24, 2.45) is 17.6 Å². The number of nitrogens with zero attached hydrogens (tertiary/aromatic N) is 1. The van der Waals surface area contributed by atoms with Gasteiger partial charge in [-0.2, -0.15) is 0 Å². The van der Waals surface area contributed by atoms with E-state index in [9.17, 15) is 34.8 Å². The van der Waals surface area contributed by atoms with E-state index >= 15 is 0 Å². The predicted octanol–water partition coefficient (Wildman–Crippen LogP) is 1.68. The first-order valence-corrected chi connectivity index (χ1v) is 11.9. The molecular weight excluding hydrogens is 478 g/mol. The van der Waals surface area contributed by atoms with Crippen molar-refractivity contribution in [1.82, 2.24) is 4.90 Å². The molecule has 1 aromatic rings. The van der Waals surface area contributed by atoms with E-state index in [0.29, 0.717) is 11.1 Å². The summed E-state index contributed by atoms with van der Waals surface area (Å²) in [5.41, 5.74) is 9.44. The van der Waals surface area contributed by atoms with Gasteiger partial charge in [0.15, 0.2) is 11.4 Å². The third kappa shape index (κ3) is 3.51. The van der Waals surface area contributed by atoms with Crippen molar-refractivity contribution in [3.63, 3.8) is 0 Å². The minimum absolute atomic E-state index is 0.0190. The highest BCUT2D eigenvalue weighted by Gasteiger charge is 2.63. The second-order valence-electron chi connectivity index (χ2n) is 9.92. The highest BCUT2D eigenvalue weighted by molar-refractivity contribution is 6.25. The summed E-state index contributed by atoms with van der Waals surface area (Å²) in [5.74, 6) is -7.02. The molecule has 10 nitrogen and oxygen atoms in total. The number of aliphatic hydroxyl groups is 3. The molecule has 0 spiro atoms. The predicted molar refractivity (Wildman–Crippen MR) is 137 cm³/mol. The molecule has 0 unspecified atom stereocenters. The summed E-state index contributed by atoms with van der Waals surface area (Å²) in [4.78, 5) is 40.7. The van der Waals surface area contributed by atoms with Crippen LogP contribution < -0.4 is 11.5 Å². The van der Waals surface area contributed by atoms with Crippen molar-refractivity contribution in [3.8, 4) is 5.75 Å². The second kappa shape index (κ2) is 8.89. The Morgan fingerprint density at radius 3 is 2.38 bits per heavy atom. The minimum Gasteiger partial charge on any atom is -0.510 e. The van der Waals surface area contributed by atoms with E-state index in [1.54, 1.807) is 20.2 Å². The van der Waals surface area contributed by atoms with Gasteiger partial charge in [0.2, 0.25) is 5.78 Å². The molecule has 1 aromatic carbocycles. The molecule has 0 bridgehead atoms. The fourth-order valence-corrected chi connectivity index (χ4v) is 6.12. The number of hydrogen-bond donors (Lipinski definition) is 6. The molecule has 4 atom stereocenters. The number of carbonyl (C=O) groups is 3. The Bertz CT molecular complexity index is 1370. The van der Waals surface area contributed by atoms with Gasteiger partial charge in [0.05, 0.1) is 17.3 Å². The SMILES string of the molecule is C/C=C\C(=C/C)c1cc(N)c(O)c2c1C[C@H]1C[C@H]3[C@H](N(C)C)C(O)=C(C(N)=O)C(=O)[C@@]3(O)C(O)=C1C2=O. The van der Waals surface area contributed by atoms with Crippen molar-refractivity contribution < 1.29 is 34.8 Å². The number of primary amides is 1. The van der Waals surface area contributed by atoms with Crippen LogP contribution in [0.15, 0.2) is 47.0 Å². The molecule has 8 N–H and O–H groups in total. The fourth-order valence-electron chi connectivity index (χ4n) is 6.12. The maximum Gasteiger partial charge on any atom is 0.255 e. The van der Waals surface area contributed by atoms with Crippen LogP contribution in [0.5, 0.6) is 5.75 Å². The van der Waals surface area contributed by atoms with Gasteiger partial charge in [-0.1, -0.05) is 18.2 Å². The molecule has 196 valence electrons. The van der Waals surface area contributed by atoms with Crippen molar-refractivity contribution in [2.75, 3.05) is 19.8 Å². The average Bonchev–Trinajstić information content (AvgIpc) is 2.81. The first kappa shape index (κ1) is 26.2. The zero-order chi connectivity index (χ0) is 27.6. The number of likely N-dealkylation sites (N-methyl/N-ethyl adjacent to an activating group) is 1. The van der Waals surface area contributed by atoms with Crippen molar-refractivity contribution in [2.45, 2.75) is 38.3 Å². The number of aliphatic hydroxyl groups excluding tert-OH is 2. The van der Waals surface area contributed by atoms with Gasteiger partial charge in [0.25, 0.3) is 5.91 Å². The lowest BCUT2D eigenvalue weighted by Crippen LogP contribution is -2.63. The number of hydrogen-bond acceptors (Lipinski definition) is 9. The maximum absolute atomic E-state index is 13.8. The molecule has 0 heterocycles. The Kier molecular flexibility index (Phi) is 6.29. The molecule has 0 aliphatic heterocycles. The summed E-state index contributed by atoms with van der Waals surface area (Å²) in [6.45, 7) is 3.67. The number of anilines is 1. The number of phenols is 1. The molecular formula is C27H31N3O7. The largest absolute Gasteiger partial charge is 0.510 e. The van der Waals surface area contributed by atoms with E-state index in [4.69, 9.17) is 11.5 Å². The summed E-state index contributed by atoms with van der Waals surface area (Å²) in [5, 5.41) is 44.7. The molecule has 3 aliphatic carbocycles. The Hall–Kier alpha value is -3.89. The Morgan fingerprint density at radius 2 is 1.84 bits per heavy atom. The maximum atomic E-state index is 13.8. The van der Waals surface area contributed by atoms with Crippen molar-refractivity contribution in [1.29, 1.82) is 0 Å². The summed E-state index contributed by atoms with van der Waals surface area (Å²) < 4.78 is 0. The highest BCUT2D eigenvalue weighted by Crippen LogP contribution is 2.53. The van der Waals surface area contributed by atoms with Crippen molar-refractivity contribution in [3.05, 3.63) is 63.6 Å². The molecule has 1 amide bonds. The van der Waals surface area contributed by atoms with Crippen molar-refractivity contribution >= 4 is 28.7 Å². The number of fused-ring (bicyclic) bond motifs is 3. The van der Waals surface area contributed by atoms with Crippen LogP contribution >= 0.6 is 0 Å². The smallest absolute Gasteiger partial charge is 0.255 e. The molecule has 0 saturated heterocycles. The van der Waals surface area contributed by atoms with Crippen LogP contribution in [0.4, 0.5) is 5.69 Å². The normalized spacial score (nSPS) is 28.1. The summed E-state index contributed by atoms with van der Waals surface area (Å²) >= 11 is 0. The molecule has 0 radical (unpaired) electrons. The van der Waals surface area contributed by atoms with Gasteiger partial charge in [-0.15, -0.1) is 0 Å². The van der Waals surface area contributed by atoms with E-state index in [1.807, 2.05) is 32.1 Å². The molecule has 0 fully saturated rings. The number of Topliss-reactive ketones (excluding diaryl/α,β-unsaturated/α-hetero) is 2. The van der Waals surface area contributed by atoms with Crippen LogP contribution in [0.25, 0.3) is 5.57 Å². The van der Waals surface area contributed by atoms with Gasteiger partial charge in [-0.05, 0) is 69.5 Å². The quantitative estimate of drug-likeness (QED) is 0.152. The van der Waals surface area contributed by atoms with Crippen LogP contribution in [0.1, 0.15) is 41.8 Å². The number of phenolic OH excluding ortho intramolecular Hbond substituents is 1. The first-order valence-electron chi connectivity index (χ1n) is 11.9. The molecule has 37 heavy (non-hydrogen) atoms. The number of amides is 1. The number of nitrogen functional groups attached to an aromatic ring is 1. The molecule has 10 heteroatoms. The van der Waals surface area contributed by atoms with Crippen LogP contribution in [0.2, 0.25) is 0 Å². The van der Waals surface area contributed by atoms with Gasteiger partial charge in [-0.3, -0.25) is 19.3 Å². The van der Waals surface area contributed by atoms with Crippen LogP contribution in [-0.4, -0.2) is 68.5 Å². The minimum atomic E-state index is -2.68. The van der Waals surface area contributed by atoms with Crippen LogP contribution in [0.3, 0.4) is 0 Å². The van der Waals surface area contributed by atoms with E-state index in [1.165, 1.54) is 4.90 Å². The zero-order valence-corrected chi connectivity index (χ0v) is 21.1. The van der Waals surface area contributed by atoms with Gasteiger partial charge < -0.3 is 31.9 Å². The van der Waals surface area contributed by atoms with E-state index in [-0.39, 0.29) is 29.7 Å². The number of rotatable bonds is 4. The topological polar surface area (TPSA) is 187 Å². The lowest BCUT2D eigenvalue weighted by atomic mass is 9.58.